The monoisotopic (exact) mass is 354 g/mol. The number of methoxy groups -OCH3 is 1. The van der Waals surface area contributed by atoms with Gasteiger partial charge in [0.25, 0.3) is 0 Å². The molecule has 1 aliphatic rings. The van der Waals surface area contributed by atoms with Crippen LogP contribution in [0.5, 0.6) is 5.75 Å². The fourth-order valence-corrected chi connectivity index (χ4v) is 3.12. The molecule has 1 amide bonds. The fraction of sp³-hybridized carbons (Fsp3) is 0.529. The van der Waals surface area contributed by atoms with E-state index in [2.05, 4.69) is 5.43 Å². The van der Waals surface area contributed by atoms with Crippen LogP contribution in [0.1, 0.15) is 30.9 Å². The van der Waals surface area contributed by atoms with Crippen LogP contribution >= 0.6 is 11.6 Å². The summed E-state index contributed by atoms with van der Waals surface area (Å²) < 4.78 is 10.4. The summed E-state index contributed by atoms with van der Waals surface area (Å²) in [6.07, 6.45) is 1.43. The van der Waals surface area contributed by atoms with Crippen molar-refractivity contribution in [2.24, 2.45) is 0 Å². The van der Waals surface area contributed by atoms with Crippen LogP contribution < -0.4 is 10.2 Å². The molecule has 1 unspecified atom stereocenters. The van der Waals surface area contributed by atoms with Gasteiger partial charge in [-0.2, -0.15) is 0 Å². The Kier molecular flexibility index (Phi) is 6.45. The van der Waals surface area contributed by atoms with Gasteiger partial charge < -0.3 is 9.47 Å². The molecule has 132 valence electrons. The average Bonchev–Trinajstić information content (AvgIpc) is 2.57. The molecule has 7 heteroatoms. The third-order valence-corrected chi connectivity index (χ3v) is 4.26. The van der Waals surface area contributed by atoms with Gasteiger partial charge in [-0.1, -0.05) is 11.6 Å². The van der Waals surface area contributed by atoms with Crippen molar-refractivity contribution in [2.75, 3.05) is 20.3 Å². The molecule has 1 saturated heterocycles. The van der Waals surface area contributed by atoms with Crippen molar-refractivity contribution in [1.29, 1.82) is 0 Å². The average molecular weight is 355 g/mol. The molecule has 1 aromatic rings. The summed E-state index contributed by atoms with van der Waals surface area (Å²) in [7, 11) is 1.54. The number of benzene rings is 1. The molecule has 24 heavy (non-hydrogen) atoms. The number of ether oxygens (including phenoxy) is 2. The van der Waals surface area contributed by atoms with E-state index in [9.17, 15) is 9.59 Å². The zero-order chi connectivity index (χ0) is 17.7. The summed E-state index contributed by atoms with van der Waals surface area (Å²) in [5, 5.41) is 1.85. The number of carbonyl (C=O) groups excluding carboxylic acids is 2. The van der Waals surface area contributed by atoms with Gasteiger partial charge in [0.2, 0.25) is 5.91 Å². The maximum absolute atomic E-state index is 12.7. The van der Waals surface area contributed by atoms with Gasteiger partial charge in [0.1, 0.15) is 11.8 Å². The predicted molar refractivity (Wildman–Crippen MR) is 90.9 cm³/mol. The van der Waals surface area contributed by atoms with Crippen LogP contribution in [-0.4, -0.2) is 43.2 Å². The predicted octanol–water partition coefficient (Wildman–Crippen LogP) is 2.26. The van der Waals surface area contributed by atoms with E-state index in [-0.39, 0.29) is 24.9 Å². The SMILES string of the molecule is CCOC(=O)C1CCCNN1C(=O)Cc1c(Cl)cc(C)cc1OC. The molecule has 1 N–H and O–H groups in total. The minimum atomic E-state index is -0.610. The lowest BCUT2D eigenvalue weighted by atomic mass is 10.0. The first-order valence-electron chi connectivity index (χ1n) is 8.03. The summed E-state index contributed by atoms with van der Waals surface area (Å²) in [4.78, 5) is 24.8. The molecular weight excluding hydrogens is 332 g/mol. The molecular formula is C17H23ClN2O4. The van der Waals surface area contributed by atoms with Crippen molar-refractivity contribution in [3.63, 3.8) is 0 Å². The zero-order valence-electron chi connectivity index (χ0n) is 14.2. The third-order valence-electron chi connectivity index (χ3n) is 3.92. The van der Waals surface area contributed by atoms with Gasteiger partial charge in [0.15, 0.2) is 0 Å². The van der Waals surface area contributed by atoms with Crippen LogP contribution in [0.4, 0.5) is 0 Å². The van der Waals surface area contributed by atoms with Crippen molar-refractivity contribution in [2.45, 2.75) is 39.2 Å². The van der Waals surface area contributed by atoms with Crippen molar-refractivity contribution >= 4 is 23.5 Å². The number of carbonyl (C=O) groups is 2. The number of nitrogens with zero attached hydrogens (tertiary/aromatic N) is 1. The molecule has 0 aliphatic carbocycles. The van der Waals surface area contributed by atoms with Gasteiger partial charge in [0.05, 0.1) is 20.1 Å². The van der Waals surface area contributed by atoms with Crippen LogP contribution in [-0.2, 0) is 20.7 Å². The lowest BCUT2D eigenvalue weighted by molar-refractivity contribution is -0.159. The second-order valence-corrected chi connectivity index (χ2v) is 6.09. The molecule has 0 saturated carbocycles. The van der Waals surface area contributed by atoms with Gasteiger partial charge in [-0.25, -0.2) is 10.2 Å². The van der Waals surface area contributed by atoms with Crippen LogP contribution in [0.15, 0.2) is 12.1 Å². The Labute approximate surface area is 147 Å². The largest absolute Gasteiger partial charge is 0.496 e. The van der Waals surface area contributed by atoms with E-state index in [0.717, 1.165) is 12.0 Å². The summed E-state index contributed by atoms with van der Waals surface area (Å²) in [5.41, 5.74) is 4.56. The van der Waals surface area contributed by atoms with E-state index in [4.69, 9.17) is 21.1 Å². The minimum absolute atomic E-state index is 0.0468. The maximum atomic E-state index is 12.7. The van der Waals surface area contributed by atoms with Crippen LogP contribution in [0.25, 0.3) is 0 Å². The molecule has 0 radical (unpaired) electrons. The number of hydrogen-bond acceptors (Lipinski definition) is 5. The smallest absolute Gasteiger partial charge is 0.330 e. The van der Waals surface area contributed by atoms with Gasteiger partial charge in [-0.3, -0.25) is 9.80 Å². The fourth-order valence-electron chi connectivity index (χ4n) is 2.79. The van der Waals surface area contributed by atoms with E-state index in [1.54, 1.807) is 20.1 Å². The number of aryl methyl sites for hydroxylation is 1. The van der Waals surface area contributed by atoms with Crippen molar-refractivity contribution < 1.29 is 19.1 Å². The highest BCUT2D eigenvalue weighted by Crippen LogP contribution is 2.29. The van der Waals surface area contributed by atoms with Gasteiger partial charge in [0, 0.05) is 17.1 Å². The number of esters is 1. The summed E-state index contributed by atoms with van der Waals surface area (Å²) >= 11 is 6.28. The molecule has 6 nitrogen and oxygen atoms in total. The quantitative estimate of drug-likeness (QED) is 0.821. The Morgan fingerprint density at radius 3 is 2.83 bits per heavy atom. The molecule has 0 bridgehead atoms. The maximum Gasteiger partial charge on any atom is 0.330 e. The lowest BCUT2D eigenvalue weighted by Crippen LogP contribution is -2.57. The normalized spacial score (nSPS) is 17.5. The van der Waals surface area contributed by atoms with Crippen molar-refractivity contribution in [3.8, 4) is 5.75 Å². The first kappa shape index (κ1) is 18.5. The molecule has 1 heterocycles. The Morgan fingerprint density at radius 1 is 1.42 bits per heavy atom. The van der Waals surface area contributed by atoms with Crippen LogP contribution in [0, 0.1) is 6.92 Å². The van der Waals surface area contributed by atoms with E-state index in [0.29, 0.717) is 29.3 Å². The topological polar surface area (TPSA) is 67.9 Å². The zero-order valence-corrected chi connectivity index (χ0v) is 15.0. The van der Waals surface area contributed by atoms with Crippen molar-refractivity contribution in [1.82, 2.24) is 10.4 Å². The lowest BCUT2D eigenvalue weighted by Gasteiger charge is -2.34. The van der Waals surface area contributed by atoms with Crippen LogP contribution in [0.2, 0.25) is 5.02 Å². The molecule has 0 aromatic heterocycles. The number of rotatable bonds is 5. The first-order chi connectivity index (χ1) is 11.5. The van der Waals surface area contributed by atoms with E-state index in [1.165, 1.54) is 5.01 Å². The summed E-state index contributed by atoms with van der Waals surface area (Å²) in [6.45, 7) is 4.58. The highest BCUT2D eigenvalue weighted by molar-refractivity contribution is 6.31. The van der Waals surface area contributed by atoms with Gasteiger partial charge in [-0.15, -0.1) is 0 Å². The van der Waals surface area contributed by atoms with Gasteiger partial charge >= 0.3 is 5.97 Å². The van der Waals surface area contributed by atoms with E-state index >= 15 is 0 Å². The summed E-state index contributed by atoms with van der Waals surface area (Å²) in [5.74, 6) is -0.0603. The number of nitrogens with one attached hydrogen (secondary N) is 1. The Bertz CT molecular complexity index is 621. The Balaban J connectivity index is 2.20. The molecule has 1 aromatic carbocycles. The second kappa shape index (κ2) is 8.35. The van der Waals surface area contributed by atoms with Crippen LogP contribution in [0.3, 0.4) is 0 Å². The molecule has 0 spiro atoms. The molecule has 1 aliphatic heterocycles. The minimum Gasteiger partial charge on any atom is -0.496 e. The first-order valence-corrected chi connectivity index (χ1v) is 8.41. The molecule has 2 rings (SSSR count). The highest BCUT2D eigenvalue weighted by Gasteiger charge is 2.33. The molecule has 1 fully saturated rings. The Morgan fingerprint density at radius 2 is 2.17 bits per heavy atom. The van der Waals surface area contributed by atoms with E-state index in [1.807, 2.05) is 13.0 Å². The number of hydrazine groups is 1. The number of halogens is 1. The number of hydrogen-bond donors (Lipinski definition) is 1. The van der Waals surface area contributed by atoms with E-state index < -0.39 is 6.04 Å². The van der Waals surface area contributed by atoms with Crippen molar-refractivity contribution in [3.05, 3.63) is 28.3 Å². The Hall–Kier alpha value is -1.79. The number of amides is 1. The summed E-state index contributed by atoms with van der Waals surface area (Å²) in [6, 6.07) is 3.02. The highest BCUT2D eigenvalue weighted by atomic mass is 35.5. The standard InChI is InChI=1S/C17H23ClN2O4/c1-4-24-17(22)14-6-5-7-19-20(14)16(21)10-12-13(18)8-11(2)9-15(12)23-3/h8-9,14,19H,4-7,10H2,1-3H3. The molecule has 1 atom stereocenters. The second-order valence-electron chi connectivity index (χ2n) is 5.69. The third kappa shape index (κ3) is 4.19. The van der Waals surface area contributed by atoms with Gasteiger partial charge in [-0.05, 0) is 44.4 Å².